The van der Waals surface area contributed by atoms with E-state index in [0.29, 0.717) is 16.4 Å². The number of amides is 1. The average molecular weight is 349 g/mol. The monoisotopic (exact) mass is 349 g/mol. The van der Waals surface area contributed by atoms with Crippen LogP contribution in [0.15, 0.2) is 18.5 Å². The number of aromatic nitrogens is 4. The second-order valence-electron chi connectivity index (χ2n) is 4.89. The minimum absolute atomic E-state index is 0.165. The van der Waals surface area contributed by atoms with Gasteiger partial charge in [-0.3, -0.25) is 9.48 Å². The SMILES string of the molecule is COCn1cc(NC(=O)C(C)n2nc(C(F)F)cc2C(F)F)cn1. The lowest BCUT2D eigenvalue weighted by atomic mass is 10.3. The van der Waals surface area contributed by atoms with Crippen molar-refractivity contribution in [3.63, 3.8) is 0 Å². The number of nitrogens with zero attached hydrogens (tertiary/aromatic N) is 4. The third-order valence-electron chi connectivity index (χ3n) is 3.14. The zero-order valence-electron chi connectivity index (χ0n) is 12.8. The molecule has 0 saturated carbocycles. The number of ether oxygens (including phenoxy) is 1. The molecule has 2 rings (SSSR count). The van der Waals surface area contributed by atoms with Crippen molar-refractivity contribution in [2.75, 3.05) is 12.4 Å². The Morgan fingerprint density at radius 3 is 2.62 bits per heavy atom. The van der Waals surface area contributed by atoms with E-state index >= 15 is 0 Å². The molecule has 1 amide bonds. The molecule has 2 heterocycles. The Balaban J connectivity index is 2.17. The fraction of sp³-hybridized carbons (Fsp3) is 0.462. The lowest BCUT2D eigenvalue weighted by Gasteiger charge is -2.14. The van der Waals surface area contributed by atoms with E-state index in [-0.39, 0.29) is 6.73 Å². The van der Waals surface area contributed by atoms with E-state index in [2.05, 4.69) is 15.5 Å². The summed E-state index contributed by atoms with van der Waals surface area (Å²) < 4.78 is 58.1. The summed E-state index contributed by atoms with van der Waals surface area (Å²) in [5.41, 5.74) is -1.25. The predicted octanol–water partition coefficient (Wildman–Crippen LogP) is 2.76. The van der Waals surface area contributed by atoms with E-state index in [9.17, 15) is 22.4 Å². The predicted molar refractivity (Wildman–Crippen MR) is 74.7 cm³/mol. The first kappa shape index (κ1) is 17.9. The van der Waals surface area contributed by atoms with Crippen molar-refractivity contribution in [2.24, 2.45) is 0 Å². The zero-order valence-corrected chi connectivity index (χ0v) is 12.8. The minimum Gasteiger partial charge on any atom is -0.362 e. The van der Waals surface area contributed by atoms with Crippen molar-refractivity contribution in [1.82, 2.24) is 19.6 Å². The van der Waals surface area contributed by atoms with E-state index < -0.39 is 36.2 Å². The Labute approximate surface area is 134 Å². The summed E-state index contributed by atoms with van der Waals surface area (Å²) in [7, 11) is 1.46. The van der Waals surface area contributed by atoms with Crippen LogP contribution < -0.4 is 5.32 Å². The summed E-state index contributed by atoms with van der Waals surface area (Å²) in [4.78, 5) is 12.2. The van der Waals surface area contributed by atoms with Crippen LogP contribution in [0.2, 0.25) is 0 Å². The number of hydrogen-bond donors (Lipinski definition) is 1. The van der Waals surface area contributed by atoms with Crippen LogP contribution in [0.25, 0.3) is 0 Å². The largest absolute Gasteiger partial charge is 0.362 e. The number of methoxy groups -OCH3 is 1. The van der Waals surface area contributed by atoms with Crippen LogP contribution in [0.4, 0.5) is 23.2 Å². The quantitative estimate of drug-likeness (QED) is 0.780. The van der Waals surface area contributed by atoms with Crippen LogP contribution in [0.1, 0.15) is 37.2 Å². The Kier molecular flexibility index (Phi) is 5.54. The molecular formula is C13H15F4N5O2. The summed E-state index contributed by atoms with van der Waals surface area (Å²) in [5.74, 6) is -0.696. The molecule has 0 aliphatic heterocycles. The molecule has 1 atom stereocenters. The van der Waals surface area contributed by atoms with E-state index in [1.54, 1.807) is 0 Å². The van der Waals surface area contributed by atoms with Gasteiger partial charge in [-0.1, -0.05) is 0 Å². The lowest BCUT2D eigenvalue weighted by molar-refractivity contribution is -0.119. The highest BCUT2D eigenvalue weighted by Gasteiger charge is 2.27. The van der Waals surface area contributed by atoms with Crippen LogP contribution in [0.3, 0.4) is 0 Å². The highest BCUT2D eigenvalue weighted by Crippen LogP contribution is 2.27. The van der Waals surface area contributed by atoms with Crippen molar-refractivity contribution < 1.29 is 27.1 Å². The average Bonchev–Trinajstić information content (AvgIpc) is 3.13. The van der Waals surface area contributed by atoms with E-state index in [1.807, 2.05) is 0 Å². The third-order valence-corrected chi connectivity index (χ3v) is 3.14. The van der Waals surface area contributed by atoms with Gasteiger partial charge in [0.25, 0.3) is 12.9 Å². The van der Waals surface area contributed by atoms with Gasteiger partial charge in [0.1, 0.15) is 24.2 Å². The Hall–Kier alpha value is -2.43. The van der Waals surface area contributed by atoms with Gasteiger partial charge in [-0.2, -0.15) is 10.2 Å². The first-order chi connectivity index (χ1) is 11.3. The maximum Gasteiger partial charge on any atom is 0.282 e. The van der Waals surface area contributed by atoms with E-state index in [0.717, 1.165) is 0 Å². The summed E-state index contributed by atoms with van der Waals surface area (Å²) in [6, 6.07) is -0.622. The van der Waals surface area contributed by atoms with Gasteiger partial charge < -0.3 is 10.1 Å². The number of carbonyl (C=O) groups excluding carboxylic acids is 1. The molecule has 7 nitrogen and oxygen atoms in total. The molecule has 0 aromatic carbocycles. The van der Waals surface area contributed by atoms with Gasteiger partial charge in [0, 0.05) is 7.11 Å². The third kappa shape index (κ3) is 3.91. The smallest absolute Gasteiger partial charge is 0.282 e. The molecule has 24 heavy (non-hydrogen) atoms. The summed E-state index contributed by atoms with van der Waals surface area (Å²) >= 11 is 0. The van der Waals surface area contributed by atoms with Gasteiger partial charge in [0.15, 0.2) is 0 Å². The van der Waals surface area contributed by atoms with Crippen molar-refractivity contribution in [3.05, 3.63) is 29.8 Å². The number of alkyl halides is 4. The maximum atomic E-state index is 13.0. The molecule has 1 unspecified atom stereocenters. The first-order valence-corrected chi connectivity index (χ1v) is 6.81. The molecular weight excluding hydrogens is 334 g/mol. The van der Waals surface area contributed by atoms with Gasteiger partial charge in [0.2, 0.25) is 5.91 Å². The van der Waals surface area contributed by atoms with E-state index in [1.165, 1.54) is 31.1 Å². The standard InChI is InChI=1S/C13H15F4N5O2/c1-7(13(23)19-8-4-18-21(5-8)6-24-2)22-10(12(16)17)3-9(20-22)11(14)15/h3-5,7,11-12H,6H2,1-2H3,(H,19,23). The molecule has 2 aromatic heterocycles. The number of nitrogens with one attached hydrogen (secondary N) is 1. The number of rotatable bonds is 7. The van der Waals surface area contributed by atoms with Crippen molar-refractivity contribution in [2.45, 2.75) is 32.5 Å². The lowest BCUT2D eigenvalue weighted by Crippen LogP contribution is -2.25. The second kappa shape index (κ2) is 7.43. The molecule has 132 valence electrons. The number of hydrogen-bond acceptors (Lipinski definition) is 4. The normalized spacial score (nSPS) is 12.8. The summed E-state index contributed by atoms with van der Waals surface area (Å²) in [6.07, 6.45) is -3.24. The molecule has 0 fully saturated rings. The molecule has 11 heteroatoms. The highest BCUT2D eigenvalue weighted by atomic mass is 19.3. The van der Waals surface area contributed by atoms with Gasteiger partial charge in [-0.05, 0) is 13.0 Å². The molecule has 0 aliphatic carbocycles. The van der Waals surface area contributed by atoms with Crippen molar-refractivity contribution in [3.8, 4) is 0 Å². The van der Waals surface area contributed by atoms with Crippen molar-refractivity contribution in [1.29, 1.82) is 0 Å². The fourth-order valence-electron chi connectivity index (χ4n) is 2.00. The first-order valence-electron chi connectivity index (χ1n) is 6.81. The Morgan fingerprint density at radius 2 is 2.04 bits per heavy atom. The molecule has 0 spiro atoms. The maximum absolute atomic E-state index is 13.0. The minimum atomic E-state index is -3.04. The van der Waals surface area contributed by atoms with Gasteiger partial charge in [-0.15, -0.1) is 0 Å². The molecule has 0 aliphatic rings. The van der Waals surface area contributed by atoms with Gasteiger partial charge >= 0.3 is 0 Å². The molecule has 0 radical (unpaired) electrons. The van der Waals surface area contributed by atoms with Crippen LogP contribution in [0.5, 0.6) is 0 Å². The van der Waals surface area contributed by atoms with Crippen molar-refractivity contribution >= 4 is 11.6 Å². The van der Waals surface area contributed by atoms with Crippen LogP contribution in [-0.2, 0) is 16.3 Å². The molecule has 1 N–H and O–H groups in total. The zero-order chi connectivity index (χ0) is 17.9. The highest BCUT2D eigenvalue weighted by molar-refractivity contribution is 5.93. The van der Waals surface area contributed by atoms with Gasteiger partial charge in [0.05, 0.1) is 18.1 Å². The summed E-state index contributed by atoms with van der Waals surface area (Å²) in [5, 5.41) is 9.77. The molecule has 0 saturated heterocycles. The fourth-order valence-corrected chi connectivity index (χ4v) is 2.00. The number of anilines is 1. The van der Waals surface area contributed by atoms with Crippen LogP contribution in [-0.4, -0.2) is 32.6 Å². The summed E-state index contributed by atoms with van der Waals surface area (Å²) in [6.45, 7) is 1.45. The van der Waals surface area contributed by atoms with Crippen LogP contribution in [0, 0.1) is 0 Å². The topological polar surface area (TPSA) is 74.0 Å². The molecule has 0 bridgehead atoms. The molecule has 2 aromatic rings. The number of carbonyl (C=O) groups is 1. The van der Waals surface area contributed by atoms with E-state index in [4.69, 9.17) is 4.74 Å². The van der Waals surface area contributed by atoms with Gasteiger partial charge in [-0.25, -0.2) is 22.2 Å². The second-order valence-corrected chi connectivity index (χ2v) is 4.89. The Morgan fingerprint density at radius 1 is 1.33 bits per heavy atom. The Bertz CT molecular complexity index is 700. The number of halogens is 4. The van der Waals surface area contributed by atoms with Crippen LogP contribution >= 0.6 is 0 Å².